The lowest BCUT2D eigenvalue weighted by Crippen LogP contribution is -2.45. The van der Waals surface area contributed by atoms with Gasteiger partial charge < -0.3 is 4.74 Å². The zero-order valence-corrected chi connectivity index (χ0v) is 40.7. The molecule has 1 aliphatic heterocycles. The van der Waals surface area contributed by atoms with Crippen molar-refractivity contribution in [1.82, 2.24) is 15.0 Å². The van der Waals surface area contributed by atoms with Crippen LogP contribution in [0.5, 0.6) is 11.5 Å². The highest BCUT2D eigenvalue weighted by Crippen LogP contribution is 2.67. The molecular formula is C71H45N3O. The Bertz CT molecular complexity index is 4010. The van der Waals surface area contributed by atoms with E-state index in [4.69, 9.17) is 19.7 Å². The van der Waals surface area contributed by atoms with E-state index < -0.39 is 10.8 Å². The molecule has 0 N–H and O–H groups in total. The summed E-state index contributed by atoms with van der Waals surface area (Å²) in [6.07, 6.45) is 0. The molecule has 0 unspecified atom stereocenters. The second-order valence-corrected chi connectivity index (χ2v) is 19.8. The summed E-state index contributed by atoms with van der Waals surface area (Å²) >= 11 is 0. The van der Waals surface area contributed by atoms with Crippen LogP contribution in [0, 0.1) is 0 Å². The highest BCUT2D eigenvalue weighted by atomic mass is 16.5. The van der Waals surface area contributed by atoms with Gasteiger partial charge in [-0.3, -0.25) is 0 Å². The van der Waals surface area contributed by atoms with Crippen molar-refractivity contribution in [3.63, 3.8) is 0 Å². The Balaban J connectivity index is 0.874. The van der Waals surface area contributed by atoms with Gasteiger partial charge in [0.1, 0.15) is 11.5 Å². The van der Waals surface area contributed by atoms with Gasteiger partial charge in [0.2, 0.25) is 0 Å². The molecule has 1 aromatic heterocycles. The summed E-state index contributed by atoms with van der Waals surface area (Å²) in [5.41, 5.74) is 20.7. The van der Waals surface area contributed by atoms with E-state index in [1.165, 1.54) is 44.5 Å². The molecule has 4 heteroatoms. The normalized spacial score (nSPS) is 13.7. The Kier molecular flexibility index (Phi) is 9.67. The Hall–Kier alpha value is -9.77. The van der Waals surface area contributed by atoms with E-state index >= 15 is 0 Å². The first-order valence-corrected chi connectivity index (χ1v) is 25.7. The van der Waals surface area contributed by atoms with E-state index in [1.54, 1.807) is 0 Å². The Morgan fingerprint density at radius 3 is 1.07 bits per heavy atom. The molecule has 3 aliphatic rings. The predicted octanol–water partition coefficient (Wildman–Crippen LogP) is 17.0. The summed E-state index contributed by atoms with van der Waals surface area (Å²) in [7, 11) is 0. The summed E-state index contributed by atoms with van der Waals surface area (Å²) in [5.74, 6) is 3.49. The van der Waals surface area contributed by atoms with Gasteiger partial charge in [0.05, 0.1) is 10.8 Å². The van der Waals surface area contributed by atoms with E-state index in [9.17, 15) is 0 Å². The zero-order chi connectivity index (χ0) is 49.5. The van der Waals surface area contributed by atoms with E-state index in [-0.39, 0.29) is 0 Å². The van der Waals surface area contributed by atoms with Gasteiger partial charge in [-0.15, -0.1) is 0 Å². The van der Waals surface area contributed by atoms with E-state index in [0.29, 0.717) is 17.5 Å². The van der Waals surface area contributed by atoms with E-state index in [1.807, 2.05) is 12.1 Å². The van der Waals surface area contributed by atoms with Crippen LogP contribution in [0.1, 0.15) is 44.5 Å². The molecule has 0 amide bonds. The van der Waals surface area contributed by atoms with Gasteiger partial charge >= 0.3 is 0 Å². The molecule has 2 heterocycles. The quantitative estimate of drug-likeness (QED) is 0.167. The molecule has 2 spiro atoms. The van der Waals surface area contributed by atoms with Crippen LogP contribution in [0.3, 0.4) is 0 Å². The standard InChI is InChI=1S/C71H45N3O/c1-3-18-46(19-4-1)48-34-38-50(39-35-48)67-72-68(51-40-36-49(37-41-51)47-20-5-2-6-21-47)74-69(73-67)54-23-17-22-52(44-54)53-42-43-64-66(45-53)75-65-33-16-15-32-63(65)71(64)61-30-13-11-28-59(61)70(60-29-12-14-31-62(60)71)57-26-9-7-24-55(57)56-25-8-10-27-58(56)70/h1-45H. The summed E-state index contributed by atoms with van der Waals surface area (Å²) < 4.78 is 7.11. The minimum atomic E-state index is -0.689. The monoisotopic (exact) mass is 955 g/mol. The van der Waals surface area contributed by atoms with Crippen molar-refractivity contribution in [3.8, 4) is 90.2 Å². The minimum absolute atomic E-state index is 0.522. The zero-order valence-electron chi connectivity index (χ0n) is 40.7. The Morgan fingerprint density at radius 1 is 0.213 bits per heavy atom. The van der Waals surface area contributed by atoms with Gasteiger partial charge in [-0.25, -0.2) is 15.0 Å². The lowest BCUT2D eigenvalue weighted by atomic mass is 9.51. The van der Waals surface area contributed by atoms with Gasteiger partial charge in [-0.05, 0) is 96.1 Å². The van der Waals surface area contributed by atoms with E-state index in [0.717, 1.165) is 72.7 Å². The summed E-state index contributed by atoms with van der Waals surface area (Å²) in [6.45, 7) is 0. The number of aromatic nitrogens is 3. The third-order valence-corrected chi connectivity index (χ3v) is 15.9. The number of hydrogen-bond donors (Lipinski definition) is 0. The average molecular weight is 956 g/mol. The molecule has 4 nitrogen and oxygen atoms in total. The van der Waals surface area contributed by atoms with Crippen molar-refractivity contribution >= 4 is 0 Å². The fraction of sp³-hybridized carbons (Fsp3) is 0.0282. The lowest BCUT2D eigenvalue weighted by molar-refractivity contribution is 0.429. The summed E-state index contributed by atoms with van der Waals surface area (Å²) in [6, 6.07) is 98.2. The van der Waals surface area contributed by atoms with Gasteiger partial charge in [0, 0.05) is 27.8 Å². The molecule has 0 saturated heterocycles. The number of fused-ring (bicyclic) bond motifs is 15. The molecular weight excluding hydrogens is 911 g/mol. The van der Waals surface area contributed by atoms with Crippen LogP contribution >= 0.6 is 0 Å². The maximum absolute atomic E-state index is 7.11. The molecule has 350 valence electrons. The van der Waals surface area contributed by atoms with Crippen molar-refractivity contribution in [2.45, 2.75) is 10.8 Å². The van der Waals surface area contributed by atoms with E-state index in [2.05, 4.69) is 261 Å². The van der Waals surface area contributed by atoms with Crippen molar-refractivity contribution in [3.05, 3.63) is 317 Å². The largest absolute Gasteiger partial charge is 0.457 e. The first kappa shape index (κ1) is 42.9. The third kappa shape index (κ3) is 6.46. The maximum Gasteiger partial charge on any atom is 0.164 e. The van der Waals surface area contributed by atoms with Crippen molar-refractivity contribution < 1.29 is 4.74 Å². The van der Waals surface area contributed by atoms with Crippen LogP contribution in [0.4, 0.5) is 0 Å². The topological polar surface area (TPSA) is 47.9 Å². The fourth-order valence-corrected chi connectivity index (χ4v) is 12.7. The van der Waals surface area contributed by atoms with Gasteiger partial charge in [-0.1, -0.05) is 255 Å². The van der Waals surface area contributed by atoms with Crippen LogP contribution in [0.15, 0.2) is 273 Å². The van der Waals surface area contributed by atoms with Crippen molar-refractivity contribution in [2.75, 3.05) is 0 Å². The predicted molar refractivity (Wildman–Crippen MR) is 302 cm³/mol. The highest BCUT2D eigenvalue weighted by molar-refractivity contribution is 5.91. The minimum Gasteiger partial charge on any atom is -0.457 e. The number of hydrogen-bond acceptors (Lipinski definition) is 4. The molecule has 75 heavy (non-hydrogen) atoms. The van der Waals surface area contributed by atoms with Gasteiger partial charge in [0.15, 0.2) is 17.5 Å². The molecule has 0 fully saturated rings. The SMILES string of the molecule is c1ccc(-c2ccc(-c3nc(-c4ccc(-c5ccccc5)cc4)nc(-c4cccc(-c5ccc6c(c5)Oc5ccccc5C65c6ccccc6C6(c7ccccc7-c7ccccc76)c6ccccc65)c4)n3)cc2)cc1. The Labute approximate surface area is 436 Å². The van der Waals surface area contributed by atoms with Crippen molar-refractivity contribution in [1.29, 1.82) is 0 Å². The molecule has 0 atom stereocenters. The molecule has 0 radical (unpaired) electrons. The van der Waals surface area contributed by atoms with Gasteiger partial charge in [-0.2, -0.15) is 0 Å². The molecule has 2 aliphatic carbocycles. The second kappa shape index (κ2) is 16.9. The van der Waals surface area contributed by atoms with Crippen LogP contribution in [0.2, 0.25) is 0 Å². The van der Waals surface area contributed by atoms with Crippen LogP contribution in [0.25, 0.3) is 78.7 Å². The van der Waals surface area contributed by atoms with Crippen LogP contribution < -0.4 is 4.74 Å². The Morgan fingerprint density at radius 2 is 0.547 bits per heavy atom. The number of ether oxygens (including phenoxy) is 1. The lowest BCUT2D eigenvalue weighted by Gasteiger charge is -2.51. The summed E-state index contributed by atoms with van der Waals surface area (Å²) in [5, 5.41) is 0. The first-order chi connectivity index (χ1) is 37.2. The van der Waals surface area contributed by atoms with Crippen LogP contribution in [-0.2, 0) is 10.8 Å². The number of nitrogens with zero attached hydrogens (tertiary/aromatic N) is 3. The second-order valence-electron chi connectivity index (χ2n) is 19.8. The number of rotatable bonds is 6. The fourth-order valence-electron chi connectivity index (χ4n) is 12.7. The molecule has 12 aromatic rings. The molecule has 11 aromatic carbocycles. The smallest absolute Gasteiger partial charge is 0.164 e. The molecule has 0 bridgehead atoms. The maximum atomic E-state index is 7.11. The van der Waals surface area contributed by atoms with Crippen LogP contribution in [-0.4, -0.2) is 15.0 Å². The first-order valence-electron chi connectivity index (χ1n) is 25.7. The third-order valence-electron chi connectivity index (χ3n) is 15.9. The summed E-state index contributed by atoms with van der Waals surface area (Å²) in [4.78, 5) is 15.5. The highest BCUT2D eigenvalue weighted by Gasteiger charge is 2.58. The number of benzene rings is 11. The number of para-hydroxylation sites is 1. The molecule has 15 rings (SSSR count). The van der Waals surface area contributed by atoms with Crippen molar-refractivity contribution in [2.24, 2.45) is 0 Å². The average Bonchev–Trinajstić information content (AvgIpc) is 3.91. The molecule has 0 saturated carbocycles. The van der Waals surface area contributed by atoms with Gasteiger partial charge in [0.25, 0.3) is 0 Å².